The molecule has 0 radical (unpaired) electrons. The molecule has 0 spiro atoms. The van der Waals surface area contributed by atoms with Crippen LogP contribution < -0.4 is 5.32 Å². The summed E-state index contributed by atoms with van der Waals surface area (Å²) >= 11 is 0. The van der Waals surface area contributed by atoms with Gasteiger partial charge in [-0.1, -0.05) is 32.9 Å². The fourth-order valence-corrected chi connectivity index (χ4v) is 2.32. The Hall–Kier alpha value is -1.42. The lowest BCUT2D eigenvalue weighted by atomic mass is 9.92. The second-order valence-corrected chi connectivity index (χ2v) is 4.68. The first kappa shape index (κ1) is 14.6. The Morgan fingerprint density at radius 3 is 2.67 bits per heavy atom. The molecule has 2 unspecified atom stereocenters. The van der Waals surface area contributed by atoms with E-state index in [1.165, 1.54) is 6.07 Å². The second kappa shape index (κ2) is 7.11. The van der Waals surface area contributed by atoms with Crippen molar-refractivity contribution in [2.24, 2.45) is 5.92 Å². The molecule has 0 saturated heterocycles. The van der Waals surface area contributed by atoms with E-state index < -0.39 is 0 Å². The van der Waals surface area contributed by atoms with Gasteiger partial charge in [-0.2, -0.15) is 0 Å². The molecule has 4 heteroatoms. The average molecular weight is 250 g/mol. The van der Waals surface area contributed by atoms with E-state index in [4.69, 9.17) is 0 Å². The largest absolute Gasteiger partial charge is 0.314 e. The lowest BCUT2D eigenvalue weighted by Crippen LogP contribution is -2.35. The predicted octanol–water partition coefficient (Wildman–Crippen LogP) is 3.16. The van der Waals surface area contributed by atoms with E-state index in [1.54, 1.807) is 12.1 Å². The number of nitrogens with zero attached hydrogens (tertiary/aromatic N) is 1. The summed E-state index contributed by atoms with van der Waals surface area (Å²) in [7, 11) is 0. The van der Waals surface area contributed by atoms with Crippen LogP contribution in [0.4, 0.5) is 5.69 Å². The van der Waals surface area contributed by atoms with Crippen molar-refractivity contribution in [3.8, 4) is 0 Å². The molecule has 1 aromatic carbocycles. The molecule has 100 valence electrons. The van der Waals surface area contributed by atoms with Crippen LogP contribution in [-0.4, -0.2) is 17.5 Å². The van der Waals surface area contributed by atoms with Crippen molar-refractivity contribution in [1.29, 1.82) is 0 Å². The maximum atomic E-state index is 10.7. The van der Waals surface area contributed by atoms with E-state index in [9.17, 15) is 10.1 Å². The molecule has 0 aliphatic rings. The third kappa shape index (κ3) is 4.11. The molecule has 0 aliphatic carbocycles. The molecule has 0 amide bonds. The van der Waals surface area contributed by atoms with E-state index in [0.717, 1.165) is 24.9 Å². The van der Waals surface area contributed by atoms with Gasteiger partial charge in [0.05, 0.1) is 4.92 Å². The Kier molecular flexibility index (Phi) is 5.78. The lowest BCUT2D eigenvalue weighted by molar-refractivity contribution is -0.384. The van der Waals surface area contributed by atoms with Gasteiger partial charge >= 0.3 is 0 Å². The monoisotopic (exact) mass is 250 g/mol. The third-order valence-corrected chi connectivity index (χ3v) is 3.27. The molecule has 0 heterocycles. The van der Waals surface area contributed by atoms with Crippen LogP contribution in [0.2, 0.25) is 0 Å². The first-order valence-corrected chi connectivity index (χ1v) is 6.55. The van der Waals surface area contributed by atoms with Crippen molar-refractivity contribution < 1.29 is 4.92 Å². The first-order chi connectivity index (χ1) is 8.58. The van der Waals surface area contributed by atoms with E-state index >= 15 is 0 Å². The number of hydrogen-bond donors (Lipinski definition) is 1. The summed E-state index contributed by atoms with van der Waals surface area (Å²) in [6, 6.07) is 7.40. The minimum absolute atomic E-state index is 0.177. The van der Waals surface area contributed by atoms with Crippen LogP contribution in [0.5, 0.6) is 0 Å². The SMILES string of the molecule is CCNC(CC)C(C)Cc1cccc([N+](=O)[O-])c1. The van der Waals surface area contributed by atoms with Crippen molar-refractivity contribution in [3.63, 3.8) is 0 Å². The van der Waals surface area contributed by atoms with Gasteiger partial charge in [-0.05, 0) is 30.9 Å². The zero-order valence-electron chi connectivity index (χ0n) is 11.3. The zero-order valence-corrected chi connectivity index (χ0v) is 11.3. The van der Waals surface area contributed by atoms with Crippen molar-refractivity contribution in [3.05, 3.63) is 39.9 Å². The summed E-state index contributed by atoms with van der Waals surface area (Å²) in [5.74, 6) is 0.469. The summed E-state index contributed by atoms with van der Waals surface area (Å²) in [6.07, 6.45) is 1.94. The van der Waals surface area contributed by atoms with Gasteiger partial charge in [0.2, 0.25) is 0 Å². The number of nitro benzene ring substituents is 1. The van der Waals surface area contributed by atoms with Gasteiger partial charge in [0.1, 0.15) is 0 Å². The summed E-state index contributed by atoms with van der Waals surface area (Å²) in [5, 5.41) is 14.2. The van der Waals surface area contributed by atoms with Crippen molar-refractivity contribution in [1.82, 2.24) is 5.32 Å². The van der Waals surface area contributed by atoms with Gasteiger partial charge in [0.25, 0.3) is 5.69 Å². The summed E-state index contributed by atoms with van der Waals surface area (Å²) in [4.78, 5) is 10.4. The molecular weight excluding hydrogens is 228 g/mol. The van der Waals surface area contributed by atoms with Crippen LogP contribution in [0.15, 0.2) is 24.3 Å². The van der Waals surface area contributed by atoms with Gasteiger partial charge in [-0.15, -0.1) is 0 Å². The van der Waals surface area contributed by atoms with Crippen molar-refractivity contribution in [2.75, 3.05) is 6.54 Å². The standard InChI is InChI=1S/C14H22N2O2/c1-4-14(15-5-2)11(3)9-12-7-6-8-13(10-12)16(17)18/h6-8,10-11,14-15H,4-5,9H2,1-3H3. The molecule has 1 rings (SSSR count). The van der Waals surface area contributed by atoms with Crippen LogP contribution in [0.25, 0.3) is 0 Å². The summed E-state index contributed by atoms with van der Waals surface area (Å²) in [5.41, 5.74) is 1.21. The fraction of sp³-hybridized carbons (Fsp3) is 0.571. The van der Waals surface area contributed by atoms with Gasteiger partial charge in [-0.3, -0.25) is 10.1 Å². The summed E-state index contributed by atoms with van der Waals surface area (Å²) < 4.78 is 0. The molecule has 4 nitrogen and oxygen atoms in total. The highest BCUT2D eigenvalue weighted by Crippen LogP contribution is 2.18. The molecule has 1 N–H and O–H groups in total. The smallest absolute Gasteiger partial charge is 0.269 e. The molecule has 2 atom stereocenters. The molecule has 0 bridgehead atoms. The zero-order chi connectivity index (χ0) is 13.5. The normalized spacial score (nSPS) is 14.2. The van der Waals surface area contributed by atoms with Gasteiger partial charge in [-0.25, -0.2) is 0 Å². The maximum absolute atomic E-state index is 10.7. The Balaban J connectivity index is 2.71. The average Bonchev–Trinajstić information content (AvgIpc) is 2.36. The highest BCUT2D eigenvalue weighted by Gasteiger charge is 2.15. The molecule has 0 saturated carbocycles. The highest BCUT2D eigenvalue weighted by molar-refractivity contribution is 5.34. The number of benzene rings is 1. The van der Waals surface area contributed by atoms with Crippen LogP contribution in [-0.2, 0) is 6.42 Å². The number of non-ortho nitro benzene ring substituents is 1. The van der Waals surface area contributed by atoms with Gasteiger partial charge in [0.15, 0.2) is 0 Å². The number of rotatable bonds is 7. The second-order valence-electron chi connectivity index (χ2n) is 4.68. The minimum atomic E-state index is -0.338. The quantitative estimate of drug-likeness (QED) is 0.597. The maximum Gasteiger partial charge on any atom is 0.269 e. The molecule has 1 aromatic rings. The van der Waals surface area contributed by atoms with E-state index in [-0.39, 0.29) is 10.6 Å². The molecule has 0 aromatic heterocycles. The molecule has 0 fully saturated rings. The summed E-state index contributed by atoms with van der Waals surface area (Å²) in [6.45, 7) is 7.41. The Bertz CT molecular complexity index is 393. The number of nitro groups is 1. The van der Waals surface area contributed by atoms with Crippen LogP contribution in [0, 0.1) is 16.0 Å². The predicted molar refractivity (Wildman–Crippen MR) is 73.7 cm³/mol. The number of nitrogens with one attached hydrogen (secondary N) is 1. The molecular formula is C14H22N2O2. The van der Waals surface area contributed by atoms with Crippen molar-refractivity contribution in [2.45, 2.75) is 39.7 Å². The topological polar surface area (TPSA) is 55.2 Å². The highest BCUT2D eigenvalue weighted by atomic mass is 16.6. The first-order valence-electron chi connectivity index (χ1n) is 6.55. The van der Waals surface area contributed by atoms with E-state index in [2.05, 4.69) is 26.1 Å². The van der Waals surface area contributed by atoms with E-state index in [1.807, 2.05) is 6.07 Å². The Morgan fingerprint density at radius 2 is 2.11 bits per heavy atom. The molecule has 18 heavy (non-hydrogen) atoms. The molecule has 0 aliphatic heterocycles. The van der Waals surface area contributed by atoms with Crippen molar-refractivity contribution >= 4 is 5.69 Å². The lowest BCUT2D eigenvalue weighted by Gasteiger charge is -2.23. The fourth-order valence-electron chi connectivity index (χ4n) is 2.32. The van der Waals surface area contributed by atoms with Crippen LogP contribution in [0.3, 0.4) is 0 Å². The Labute approximate surface area is 109 Å². The third-order valence-electron chi connectivity index (χ3n) is 3.27. The van der Waals surface area contributed by atoms with Gasteiger partial charge < -0.3 is 5.32 Å². The Morgan fingerprint density at radius 1 is 1.39 bits per heavy atom. The number of hydrogen-bond acceptors (Lipinski definition) is 3. The van der Waals surface area contributed by atoms with Crippen LogP contribution >= 0.6 is 0 Å². The van der Waals surface area contributed by atoms with E-state index in [0.29, 0.717) is 12.0 Å². The van der Waals surface area contributed by atoms with Crippen LogP contribution in [0.1, 0.15) is 32.8 Å². The van der Waals surface area contributed by atoms with Gasteiger partial charge in [0, 0.05) is 18.2 Å². The minimum Gasteiger partial charge on any atom is -0.314 e.